The van der Waals surface area contributed by atoms with E-state index in [0.29, 0.717) is 18.4 Å². The third kappa shape index (κ3) is 5.02. The van der Waals surface area contributed by atoms with E-state index in [1.54, 1.807) is 29.8 Å². The van der Waals surface area contributed by atoms with E-state index in [0.717, 1.165) is 47.8 Å². The number of hydrogen-bond donors (Lipinski definition) is 1. The summed E-state index contributed by atoms with van der Waals surface area (Å²) < 4.78 is 7.30. The standard InChI is InChI=1S/C33H27N3O3S3/c1-39-22-14-12-20(13-15-22)21-17-25-31(27(37)18-21)32(29-11-6-16-40-29)36(26-9-4-2-7-23(26)34-25)30(38)19-41-33-35-24-8-3-5-10-28(24)42-33/h2-16,21,32,34H,17-19H2,1H3/t21-,32+/m0/s1. The number of hydrogen-bond acceptors (Lipinski definition) is 8. The van der Waals surface area contributed by atoms with Gasteiger partial charge in [0.05, 0.1) is 34.5 Å². The minimum Gasteiger partial charge on any atom is -0.497 e. The first-order chi connectivity index (χ1) is 20.6. The van der Waals surface area contributed by atoms with Gasteiger partial charge < -0.3 is 10.1 Å². The van der Waals surface area contributed by atoms with Crippen molar-refractivity contribution in [2.75, 3.05) is 23.1 Å². The van der Waals surface area contributed by atoms with Crippen molar-refractivity contribution in [3.8, 4) is 5.75 Å². The Morgan fingerprint density at radius 3 is 2.62 bits per heavy atom. The average Bonchev–Trinajstić information content (AvgIpc) is 3.67. The normalized spacial score (nSPS) is 18.3. The molecule has 1 aliphatic heterocycles. The van der Waals surface area contributed by atoms with E-state index < -0.39 is 6.04 Å². The molecule has 0 bridgehead atoms. The molecule has 0 fully saturated rings. The number of Topliss-reactive ketones (excluding diaryl/α,β-unsaturated/α-hetero) is 1. The van der Waals surface area contributed by atoms with Gasteiger partial charge in [0.15, 0.2) is 10.1 Å². The number of thiophene rings is 1. The largest absolute Gasteiger partial charge is 0.497 e. The molecule has 1 N–H and O–H groups in total. The lowest BCUT2D eigenvalue weighted by Crippen LogP contribution is -2.39. The number of aromatic nitrogens is 1. The van der Waals surface area contributed by atoms with E-state index >= 15 is 0 Å². The Labute approximate surface area is 256 Å². The Balaban J connectivity index is 1.27. The van der Waals surface area contributed by atoms with Crippen LogP contribution in [0.2, 0.25) is 0 Å². The summed E-state index contributed by atoms with van der Waals surface area (Å²) in [6.45, 7) is 0. The van der Waals surface area contributed by atoms with Crippen molar-refractivity contribution < 1.29 is 14.3 Å². The lowest BCUT2D eigenvalue weighted by molar-refractivity contribution is -0.117. The molecule has 0 spiro atoms. The number of ketones is 1. The van der Waals surface area contributed by atoms with Gasteiger partial charge in [-0.05, 0) is 65.7 Å². The maximum absolute atomic E-state index is 14.2. The van der Waals surface area contributed by atoms with E-state index in [9.17, 15) is 9.59 Å². The molecule has 210 valence electrons. The molecule has 2 aromatic heterocycles. The monoisotopic (exact) mass is 609 g/mol. The molecule has 6 nitrogen and oxygen atoms in total. The number of methoxy groups -OCH3 is 1. The summed E-state index contributed by atoms with van der Waals surface area (Å²) >= 11 is 4.61. The molecule has 0 saturated heterocycles. The molecule has 42 heavy (non-hydrogen) atoms. The molecule has 5 aromatic rings. The second kappa shape index (κ2) is 11.4. The second-order valence-corrected chi connectivity index (χ2v) is 13.5. The van der Waals surface area contributed by atoms with Gasteiger partial charge in [0.25, 0.3) is 0 Å². The molecule has 3 aromatic carbocycles. The molecule has 3 heterocycles. The van der Waals surface area contributed by atoms with Gasteiger partial charge in [0.2, 0.25) is 5.91 Å². The lowest BCUT2D eigenvalue weighted by Gasteiger charge is -2.34. The maximum atomic E-state index is 14.2. The van der Waals surface area contributed by atoms with Gasteiger partial charge in [-0.15, -0.1) is 22.7 Å². The molecule has 2 atom stereocenters. The predicted molar refractivity (Wildman–Crippen MR) is 172 cm³/mol. The number of rotatable bonds is 6. The van der Waals surface area contributed by atoms with Crippen molar-refractivity contribution in [1.29, 1.82) is 0 Å². The topological polar surface area (TPSA) is 71.5 Å². The first-order valence-electron chi connectivity index (χ1n) is 13.7. The Hall–Kier alpha value is -3.92. The highest BCUT2D eigenvalue weighted by molar-refractivity contribution is 8.01. The third-order valence-corrected chi connectivity index (χ3v) is 10.8. The molecule has 0 radical (unpaired) electrons. The van der Waals surface area contributed by atoms with Gasteiger partial charge in [-0.1, -0.05) is 54.2 Å². The van der Waals surface area contributed by atoms with Crippen molar-refractivity contribution in [3.63, 3.8) is 0 Å². The predicted octanol–water partition coefficient (Wildman–Crippen LogP) is 8.06. The van der Waals surface area contributed by atoms with Crippen LogP contribution in [-0.4, -0.2) is 29.5 Å². The molecular formula is C33H27N3O3S3. The summed E-state index contributed by atoms with van der Waals surface area (Å²) in [6.07, 6.45) is 1.06. The highest BCUT2D eigenvalue weighted by Gasteiger charge is 2.42. The van der Waals surface area contributed by atoms with Crippen LogP contribution in [0.15, 0.2) is 106 Å². The molecule has 2 aliphatic rings. The number of para-hydroxylation sites is 3. The average molecular weight is 610 g/mol. The molecule has 0 saturated carbocycles. The van der Waals surface area contributed by atoms with Crippen LogP contribution in [0.1, 0.15) is 35.2 Å². The summed E-state index contributed by atoms with van der Waals surface area (Å²) in [4.78, 5) is 35.9. The minimum absolute atomic E-state index is 0.0302. The van der Waals surface area contributed by atoms with Crippen LogP contribution in [0.4, 0.5) is 11.4 Å². The number of allylic oxidation sites excluding steroid dienone is 1. The van der Waals surface area contributed by atoms with Crippen LogP contribution in [0.25, 0.3) is 10.2 Å². The van der Waals surface area contributed by atoms with Gasteiger partial charge in [0, 0.05) is 22.6 Å². The number of nitrogens with one attached hydrogen (secondary N) is 1. The van der Waals surface area contributed by atoms with Gasteiger partial charge in [-0.3, -0.25) is 14.5 Å². The van der Waals surface area contributed by atoms with E-state index in [1.807, 2.05) is 95.2 Å². The number of fused-ring (bicyclic) bond motifs is 2. The van der Waals surface area contributed by atoms with Crippen molar-refractivity contribution in [2.45, 2.75) is 29.1 Å². The highest BCUT2D eigenvalue weighted by atomic mass is 32.2. The number of ether oxygens (including phenoxy) is 1. The first kappa shape index (κ1) is 26.9. The van der Waals surface area contributed by atoms with Crippen LogP contribution in [0, 0.1) is 0 Å². The summed E-state index contributed by atoms with van der Waals surface area (Å²) in [5.74, 6) is 1.03. The van der Waals surface area contributed by atoms with Gasteiger partial charge in [-0.25, -0.2) is 4.98 Å². The fourth-order valence-electron chi connectivity index (χ4n) is 5.80. The fourth-order valence-corrected chi connectivity index (χ4v) is 8.55. The number of thiazole rings is 1. The van der Waals surface area contributed by atoms with Gasteiger partial charge in [0.1, 0.15) is 11.8 Å². The molecule has 1 aliphatic carbocycles. The minimum atomic E-state index is -0.510. The van der Waals surface area contributed by atoms with E-state index in [-0.39, 0.29) is 23.4 Å². The van der Waals surface area contributed by atoms with Crippen molar-refractivity contribution >= 4 is 67.7 Å². The Kier molecular flexibility index (Phi) is 7.31. The molecule has 7 rings (SSSR count). The Bertz CT molecular complexity index is 1780. The number of amides is 1. The Morgan fingerprint density at radius 2 is 1.83 bits per heavy atom. The van der Waals surface area contributed by atoms with Crippen LogP contribution in [-0.2, 0) is 9.59 Å². The number of thioether (sulfide) groups is 1. The van der Waals surface area contributed by atoms with Crippen molar-refractivity contribution in [3.05, 3.63) is 112 Å². The summed E-state index contributed by atoms with van der Waals surface area (Å²) in [5, 5.41) is 5.62. The quantitative estimate of drug-likeness (QED) is 0.196. The third-order valence-electron chi connectivity index (χ3n) is 7.75. The number of carbonyl (C=O) groups excluding carboxylic acids is 2. The number of anilines is 2. The van der Waals surface area contributed by atoms with Gasteiger partial charge >= 0.3 is 0 Å². The summed E-state index contributed by atoms with van der Waals surface area (Å²) in [5.41, 5.74) is 5.19. The van der Waals surface area contributed by atoms with Gasteiger partial charge in [-0.2, -0.15) is 0 Å². The fraction of sp³-hybridized carbons (Fsp3) is 0.182. The maximum Gasteiger partial charge on any atom is 0.238 e. The molecule has 0 unspecified atom stereocenters. The van der Waals surface area contributed by atoms with E-state index in [1.165, 1.54) is 11.8 Å². The van der Waals surface area contributed by atoms with Crippen molar-refractivity contribution in [1.82, 2.24) is 4.98 Å². The zero-order valence-electron chi connectivity index (χ0n) is 22.8. The number of nitrogens with zero attached hydrogens (tertiary/aromatic N) is 2. The SMILES string of the molecule is COc1ccc([C@@H]2CC(=O)C3=C(C2)Nc2ccccc2N(C(=O)CSc2nc4ccccc4s2)[C@@H]3c2cccs2)cc1. The second-order valence-electron chi connectivity index (χ2n) is 10.3. The van der Waals surface area contributed by atoms with Crippen LogP contribution >= 0.6 is 34.4 Å². The number of benzene rings is 3. The van der Waals surface area contributed by atoms with Crippen LogP contribution in [0.5, 0.6) is 5.75 Å². The smallest absolute Gasteiger partial charge is 0.238 e. The zero-order valence-corrected chi connectivity index (χ0v) is 25.2. The van der Waals surface area contributed by atoms with Crippen LogP contribution in [0.3, 0.4) is 0 Å². The van der Waals surface area contributed by atoms with Crippen LogP contribution < -0.4 is 15.0 Å². The summed E-state index contributed by atoms with van der Waals surface area (Å²) in [7, 11) is 1.65. The molecule has 1 amide bonds. The van der Waals surface area contributed by atoms with E-state index in [2.05, 4.69) is 5.32 Å². The van der Waals surface area contributed by atoms with E-state index in [4.69, 9.17) is 9.72 Å². The Morgan fingerprint density at radius 1 is 1.02 bits per heavy atom. The summed E-state index contributed by atoms with van der Waals surface area (Å²) in [6, 6.07) is 27.3. The lowest BCUT2D eigenvalue weighted by atomic mass is 9.79. The molecular weight excluding hydrogens is 583 g/mol. The molecule has 9 heteroatoms. The first-order valence-corrected chi connectivity index (χ1v) is 16.4. The highest BCUT2D eigenvalue weighted by Crippen LogP contribution is 2.48. The zero-order chi connectivity index (χ0) is 28.6. The number of carbonyl (C=O) groups is 2. The van der Waals surface area contributed by atoms with Crippen molar-refractivity contribution in [2.24, 2.45) is 0 Å².